The fraction of sp³-hybridized carbons (Fsp3) is 0.182. The molecular formula is C22H15FN4O3. The number of hydrogen-bond donors (Lipinski definition) is 2. The van der Waals surface area contributed by atoms with Crippen molar-refractivity contribution < 1.29 is 18.8 Å². The molecule has 4 aromatic rings. The summed E-state index contributed by atoms with van der Waals surface area (Å²) in [5.41, 5.74) is 4.30. The van der Waals surface area contributed by atoms with Crippen molar-refractivity contribution in [1.82, 2.24) is 15.1 Å². The molecular weight excluding hydrogens is 387 g/mol. The van der Waals surface area contributed by atoms with E-state index in [9.17, 15) is 9.18 Å². The number of aliphatic carboxylic acids is 1. The van der Waals surface area contributed by atoms with Gasteiger partial charge in [0.1, 0.15) is 5.82 Å². The maximum absolute atomic E-state index is 13.7. The molecule has 0 spiro atoms. The molecule has 2 N–H and O–H groups in total. The Morgan fingerprint density at radius 3 is 2.97 bits per heavy atom. The minimum absolute atomic E-state index is 0.00700. The number of aromatic amines is 1. The predicted molar refractivity (Wildman–Crippen MR) is 105 cm³/mol. The summed E-state index contributed by atoms with van der Waals surface area (Å²) < 4.78 is 19.0. The van der Waals surface area contributed by atoms with E-state index in [1.165, 1.54) is 12.1 Å². The Labute approximate surface area is 169 Å². The van der Waals surface area contributed by atoms with Gasteiger partial charge in [0.2, 0.25) is 5.82 Å². The van der Waals surface area contributed by atoms with Crippen molar-refractivity contribution in [2.45, 2.75) is 25.2 Å². The number of rotatable bonds is 4. The molecule has 0 saturated carbocycles. The SMILES string of the molecule is N#Cc1cc(F)cc(-c2nc(-c3ccc4[nH]c5c(c4c3)CCC5CC(=O)O)no2)c1. The van der Waals surface area contributed by atoms with E-state index in [2.05, 4.69) is 15.1 Å². The van der Waals surface area contributed by atoms with Gasteiger partial charge in [-0.1, -0.05) is 5.16 Å². The van der Waals surface area contributed by atoms with Crippen molar-refractivity contribution in [2.24, 2.45) is 0 Å². The van der Waals surface area contributed by atoms with Crippen LogP contribution in [-0.4, -0.2) is 26.2 Å². The number of carbonyl (C=O) groups is 1. The van der Waals surface area contributed by atoms with Crippen LogP contribution in [-0.2, 0) is 11.2 Å². The molecule has 0 radical (unpaired) electrons. The fourth-order valence-corrected chi connectivity index (χ4v) is 4.14. The minimum Gasteiger partial charge on any atom is -0.481 e. The number of benzene rings is 2. The lowest BCUT2D eigenvalue weighted by Gasteiger charge is -2.05. The van der Waals surface area contributed by atoms with Gasteiger partial charge in [-0.3, -0.25) is 4.79 Å². The summed E-state index contributed by atoms with van der Waals surface area (Å²) in [6.07, 6.45) is 1.73. The van der Waals surface area contributed by atoms with E-state index in [1.54, 1.807) is 0 Å². The van der Waals surface area contributed by atoms with E-state index in [-0.39, 0.29) is 23.8 Å². The summed E-state index contributed by atoms with van der Waals surface area (Å²) in [5, 5.41) is 23.2. The predicted octanol–water partition coefficient (Wildman–Crippen LogP) is 4.40. The molecule has 1 atom stereocenters. The number of hydrogen-bond acceptors (Lipinski definition) is 5. The number of nitrogens with zero attached hydrogens (tertiary/aromatic N) is 3. The maximum Gasteiger partial charge on any atom is 0.304 e. The summed E-state index contributed by atoms with van der Waals surface area (Å²) in [6.45, 7) is 0. The molecule has 2 aromatic heterocycles. The number of nitrogens with one attached hydrogen (secondary N) is 1. The second kappa shape index (κ2) is 6.81. The molecule has 0 amide bonds. The molecule has 1 aliphatic rings. The highest BCUT2D eigenvalue weighted by atomic mass is 19.1. The quantitative estimate of drug-likeness (QED) is 0.523. The molecule has 148 valence electrons. The molecule has 5 rings (SSSR count). The molecule has 2 aromatic carbocycles. The monoisotopic (exact) mass is 402 g/mol. The first-order valence-corrected chi connectivity index (χ1v) is 9.43. The Morgan fingerprint density at radius 1 is 1.30 bits per heavy atom. The number of halogens is 1. The average molecular weight is 402 g/mol. The Balaban J connectivity index is 1.52. The van der Waals surface area contributed by atoms with Crippen molar-refractivity contribution in [3.63, 3.8) is 0 Å². The lowest BCUT2D eigenvalue weighted by atomic mass is 10.0. The summed E-state index contributed by atoms with van der Waals surface area (Å²) in [6, 6.07) is 11.5. The molecule has 0 fully saturated rings. The lowest BCUT2D eigenvalue weighted by Crippen LogP contribution is -2.03. The maximum atomic E-state index is 13.7. The second-order valence-electron chi connectivity index (χ2n) is 7.37. The van der Waals surface area contributed by atoms with Crippen LogP contribution in [0.3, 0.4) is 0 Å². The van der Waals surface area contributed by atoms with Crippen molar-refractivity contribution in [3.8, 4) is 28.9 Å². The van der Waals surface area contributed by atoms with Crippen molar-refractivity contribution >= 4 is 16.9 Å². The van der Waals surface area contributed by atoms with Crippen LogP contribution in [0.2, 0.25) is 0 Å². The number of carboxylic acid groups (broad SMARTS) is 1. The molecule has 0 aliphatic heterocycles. The third-order valence-electron chi connectivity index (χ3n) is 5.47. The topological polar surface area (TPSA) is 116 Å². The highest BCUT2D eigenvalue weighted by Crippen LogP contribution is 2.40. The standard InChI is InChI=1S/C22H15FN4O3/c23-15-6-11(10-24)5-14(7-15)22-26-21(27-30-22)13-2-4-18-17(8-13)16-3-1-12(9-19(28)29)20(16)25-18/h2,4-8,12,25H,1,3,9H2,(H,28,29). The van der Waals surface area contributed by atoms with Gasteiger partial charge < -0.3 is 14.6 Å². The van der Waals surface area contributed by atoms with E-state index in [1.807, 2.05) is 24.3 Å². The zero-order valence-corrected chi connectivity index (χ0v) is 15.6. The molecule has 1 aliphatic carbocycles. The van der Waals surface area contributed by atoms with Crippen LogP contribution < -0.4 is 0 Å². The van der Waals surface area contributed by atoms with Crippen LogP contribution in [0.25, 0.3) is 33.7 Å². The third-order valence-corrected chi connectivity index (χ3v) is 5.47. The first kappa shape index (κ1) is 18.1. The summed E-state index contributed by atoms with van der Waals surface area (Å²) in [4.78, 5) is 18.8. The van der Waals surface area contributed by atoms with E-state index >= 15 is 0 Å². The lowest BCUT2D eigenvalue weighted by molar-refractivity contribution is -0.137. The van der Waals surface area contributed by atoms with Gasteiger partial charge in [0.05, 0.1) is 18.1 Å². The molecule has 30 heavy (non-hydrogen) atoms. The van der Waals surface area contributed by atoms with Gasteiger partial charge in [0.25, 0.3) is 5.89 Å². The molecule has 2 heterocycles. The normalized spacial score (nSPS) is 15.3. The highest BCUT2D eigenvalue weighted by molar-refractivity contribution is 5.89. The number of fused-ring (bicyclic) bond motifs is 3. The summed E-state index contributed by atoms with van der Waals surface area (Å²) in [7, 11) is 0. The van der Waals surface area contributed by atoms with Crippen LogP contribution in [0.5, 0.6) is 0 Å². The summed E-state index contributed by atoms with van der Waals surface area (Å²) in [5.74, 6) is -0.883. The van der Waals surface area contributed by atoms with E-state index < -0.39 is 11.8 Å². The van der Waals surface area contributed by atoms with Crippen molar-refractivity contribution in [2.75, 3.05) is 0 Å². The van der Waals surface area contributed by atoms with Crippen LogP contribution >= 0.6 is 0 Å². The van der Waals surface area contributed by atoms with Crippen LogP contribution in [0.1, 0.15) is 35.6 Å². The first-order valence-electron chi connectivity index (χ1n) is 9.43. The number of aromatic nitrogens is 3. The Hall–Kier alpha value is -3.99. The van der Waals surface area contributed by atoms with E-state index in [0.717, 1.165) is 46.6 Å². The Kier molecular flexibility index (Phi) is 4.10. The molecule has 1 unspecified atom stereocenters. The summed E-state index contributed by atoms with van der Waals surface area (Å²) >= 11 is 0. The molecule has 7 nitrogen and oxygen atoms in total. The van der Waals surface area contributed by atoms with Gasteiger partial charge in [-0.2, -0.15) is 10.2 Å². The van der Waals surface area contributed by atoms with Gasteiger partial charge >= 0.3 is 5.97 Å². The molecule has 0 bridgehead atoms. The van der Waals surface area contributed by atoms with Gasteiger partial charge in [0.15, 0.2) is 0 Å². The molecule has 8 heteroatoms. The van der Waals surface area contributed by atoms with Crippen LogP contribution in [0.4, 0.5) is 4.39 Å². The minimum atomic E-state index is -0.802. The molecule has 0 saturated heterocycles. The number of nitriles is 1. The van der Waals surface area contributed by atoms with Gasteiger partial charge in [-0.05, 0) is 54.8 Å². The number of H-pyrrole nitrogens is 1. The zero-order valence-electron chi connectivity index (χ0n) is 15.6. The van der Waals surface area contributed by atoms with Crippen LogP contribution in [0.15, 0.2) is 40.9 Å². The third kappa shape index (κ3) is 3.01. The fourth-order valence-electron chi connectivity index (χ4n) is 4.14. The van der Waals surface area contributed by atoms with Gasteiger partial charge in [-0.25, -0.2) is 4.39 Å². The van der Waals surface area contributed by atoms with Crippen LogP contribution in [0, 0.1) is 17.1 Å². The highest BCUT2D eigenvalue weighted by Gasteiger charge is 2.28. The smallest absolute Gasteiger partial charge is 0.304 e. The van der Waals surface area contributed by atoms with Gasteiger partial charge in [0, 0.05) is 33.6 Å². The van der Waals surface area contributed by atoms with Crippen molar-refractivity contribution in [1.29, 1.82) is 5.26 Å². The number of carboxylic acids is 1. The second-order valence-corrected chi connectivity index (χ2v) is 7.37. The number of aryl methyl sites for hydroxylation is 1. The first-order chi connectivity index (χ1) is 14.5. The average Bonchev–Trinajstić information content (AvgIpc) is 3.43. The van der Waals surface area contributed by atoms with Gasteiger partial charge in [-0.15, -0.1) is 0 Å². The Bertz CT molecular complexity index is 1350. The van der Waals surface area contributed by atoms with E-state index in [4.69, 9.17) is 14.9 Å². The Morgan fingerprint density at radius 2 is 2.17 bits per heavy atom. The largest absolute Gasteiger partial charge is 0.481 e. The van der Waals surface area contributed by atoms with E-state index in [0.29, 0.717) is 11.4 Å². The zero-order chi connectivity index (χ0) is 20.8. The van der Waals surface area contributed by atoms with Crippen molar-refractivity contribution in [3.05, 3.63) is 59.0 Å².